The standard InChI is InChI=1S/C17H32N2O8/c1-16(2)23-7-13(8-24-16)21-5-12(19-15(20)11-27-18)6-22-14-9-25-17(3,4)26-10-14/h12-14H,5-11,18H2,1-4H3,(H,19,20). The zero-order valence-corrected chi connectivity index (χ0v) is 16.5. The van der Waals surface area contributed by atoms with E-state index in [1.54, 1.807) is 0 Å². The lowest BCUT2D eigenvalue weighted by molar-refractivity contribution is -0.283. The number of carbonyl (C=O) groups excluding carboxylic acids is 1. The number of carbonyl (C=O) groups is 1. The van der Waals surface area contributed by atoms with E-state index in [0.29, 0.717) is 26.4 Å². The summed E-state index contributed by atoms with van der Waals surface area (Å²) in [6.07, 6.45) is -0.435. The Kier molecular flexibility index (Phi) is 8.38. The topological polar surface area (TPSA) is 120 Å². The molecule has 0 saturated carbocycles. The van der Waals surface area contributed by atoms with Gasteiger partial charge in [-0.3, -0.25) is 9.63 Å². The lowest BCUT2D eigenvalue weighted by atomic mass is 10.2. The van der Waals surface area contributed by atoms with Crippen LogP contribution in [0.15, 0.2) is 0 Å². The Balaban J connectivity index is 1.77. The molecule has 0 bridgehead atoms. The normalized spacial score (nSPS) is 23.5. The number of ether oxygens (including phenoxy) is 6. The van der Waals surface area contributed by atoms with Crippen LogP contribution in [0.3, 0.4) is 0 Å². The largest absolute Gasteiger partial charge is 0.371 e. The molecule has 2 rings (SSSR count). The third-order valence-corrected chi connectivity index (χ3v) is 4.11. The van der Waals surface area contributed by atoms with Crippen molar-refractivity contribution in [3.05, 3.63) is 0 Å². The van der Waals surface area contributed by atoms with Crippen molar-refractivity contribution in [3.63, 3.8) is 0 Å². The van der Waals surface area contributed by atoms with Gasteiger partial charge < -0.3 is 33.7 Å². The predicted molar refractivity (Wildman–Crippen MR) is 93.5 cm³/mol. The van der Waals surface area contributed by atoms with Crippen molar-refractivity contribution in [1.29, 1.82) is 0 Å². The van der Waals surface area contributed by atoms with E-state index in [4.69, 9.17) is 34.3 Å². The summed E-state index contributed by atoms with van der Waals surface area (Å²) in [5.41, 5.74) is 0. The van der Waals surface area contributed by atoms with Crippen molar-refractivity contribution >= 4 is 5.91 Å². The van der Waals surface area contributed by atoms with E-state index in [2.05, 4.69) is 10.2 Å². The molecule has 0 atom stereocenters. The van der Waals surface area contributed by atoms with Crippen LogP contribution in [0.2, 0.25) is 0 Å². The van der Waals surface area contributed by atoms with Crippen LogP contribution in [-0.2, 0) is 38.1 Å². The Labute approximate surface area is 159 Å². The highest BCUT2D eigenvalue weighted by molar-refractivity contribution is 5.77. The van der Waals surface area contributed by atoms with Gasteiger partial charge in [0, 0.05) is 0 Å². The molecule has 1 amide bonds. The summed E-state index contributed by atoms with van der Waals surface area (Å²) in [7, 11) is 0. The van der Waals surface area contributed by atoms with E-state index < -0.39 is 17.6 Å². The maximum atomic E-state index is 11.8. The molecule has 2 heterocycles. The molecule has 27 heavy (non-hydrogen) atoms. The molecule has 0 aliphatic carbocycles. The number of nitrogens with one attached hydrogen (secondary N) is 1. The fraction of sp³-hybridized carbons (Fsp3) is 0.941. The van der Waals surface area contributed by atoms with E-state index in [-0.39, 0.29) is 37.9 Å². The first-order valence-corrected chi connectivity index (χ1v) is 9.09. The van der Waals surface area contributed by atoms with E-state index >= 15 is 0 Å². The molecule has 3 N–H and O–H groups in total. The minimum Gasteiger partial charge on any atom is -0.371 e. The maximum absolute atomic E-state index is 11.8. The van der Waals surface area contributed by atoms with Gasteiger partial charge in [-0.2, -0.15) is 0 Å². The Hall–Kier alpha value is -0.850. The average Bonchev–Trinajstić information content (AvgIpc) is 2.59. The van der Waals surface area contributed by atoms with Crippen LogP contribution in [0.4, 0.5) is 0 Å². The van der Waals surface area contributed by atoms with Crippen LogP contribution in [0.25, 0.3) is 0 Å². The Bertz CT molecular complexity index is 422. The summed E-state index contributed by atoms with van der Waals surface area (Å²) in [6, 6.07) is -0.391. The van der Waals surface area contributed by atoms with E-state index in [1.165, 1.54) is 0 Å². The van der Waals surface area contributed by atoms with Crippen LogP contribution in [0, 0.1) is 0 Å². The number of amides is 1. The highest BCUT2D eigenvalue weighted by atomic mass is 16.7. The summed E-state index contributed by atoms with van der Waals surface area (Å²) in [6.45, 7) is 9.28. The molecule has 10 heteroatoms. The third-order valence-electron chi connectivity index (χ3n) is 4.11. The predicted octanol–water partition coefficient (Wildman–Crippen LogP) is -0.302. The number of hydrogen-bond acceptors (Lipinski definition) is 9. The molecule has 0 radical (unpaired) electrons. The van der Waals surface area contributed by atoms with Crippen LogP contribution in [0.1, 0.15) is 27.7 Å². The molecular formula is C17H32N2O8. The zero-order valence-electron chi connectivity index (χ0n) is 16.5. The second-order valence-corrected chi connectivity index (χ2v) is 7.53. The summed E-state index contributed by atoms with van der Waals surface area (Å²) in [5.74, 6) is 3.38. The van der Waals surface area contributed by atoms with Crippen molar-refractivity contribution < 1.29 is 38.1 Å². The quantitative estimate of drug-likeness (QED) is 0.510. The van der Waals surface area contributed by atoms with Gasteiger partial charge in [0.25, 0.3) is 0 Å². The van der Waals surface area contributed by atoms with E-state index in [0.717, 1.165) is 0 Å². The second kappa shape index (κ2) is 10.1. The van der Waals surface area contributed by atoms with Gasteiger partial charge in [0.15, 0.2) is 11.6 Å². The van der Waals surface area contributed by atoms with Crippen LogP contribution >= 0.6 is 0 Å². The van der Waals surface area contributed by atoms with Gasteiger partial charge >= 0.3 is 0 Å². The van der Waals surface area contributed by atoms with Crippen molar-refractivity contribution in [2.45, 2.75) is 57.5 Å². The molecule has 0 aromatic rings. The van der Waals surface area contributed by atoms with Crippen molar-refractivity contribution in [3.8, 4) is 0 Å². The second-order valence-electron chi connectivity index (χ2n) is 7.53. The monoisotopic (exact) mass is 392 g/mol. The van der Waals surface area contributed by atoms with Crippen molar-refractivity contribution in [2.75, 3.05) is 46.2 Å². The molecular weight excluding hydrogens is 360 g/mol. The van der Waals surface area contributed by atoms with Gasteiger partial charge in [-0.15, -0.1) is 0 Å². The first-order chi connectivity index (χ1) is 12.7. The van der Waals surface area contributed by atoms with Gasteiger partial charge in [-0.05, 0) is 27.7 Å². The number of rotatable bonds is 9. The molecule has 2 aliphatic heterocycles. The van der Waals surface area contributed by atoms with Crippen molar-refractivity contribution in [1.82, 2.24) is 5.32 Å². The molecule has 158 valence electrons. The fourth-order valence-electron chi connectivity index (χ4n) is 2.53. The average molecular weight is 392 g/mol. The molecule has 2 fully saturated rings. The lowest BCUT2D eigenvalue weighted by Crippen LogP contribution is -2.49. The molecule has 2 saturated heterocycles. The number of hydrogen-bond donors (Lipinski definition) is 2. The fourth-order valence-corrected chi connectivity index (χ4v) is 2.53. The molecule has 0 unspecified atom stereocenters. The highest BCUT2D eigenvalue weighted by Gasteiger charge is 2.31. The first kappa shape index (κ1) is 22.4. The summed E-state index contributed by atoms with van der Waals surface area (Å²) >= 11 is 0. The highest BCUT2D eigenvalue weighted by Crippen LogP contribution is 2.20. The molecule has 0 aromatic carbocycles. The van der Waals surface area contributed by atoms with E-state index in [1.807, 2.05) is 27.7 Å². The molecule has 2 aliphatic rings. The van der Waals surface area contributed by atoms with Gasteiger partial charge in [0.1, 0.15) is 18.8 Å². The van der Waals surface area contributed by atoms with Gasteiger partial charge in [0.05, 0.1) is 45.7 Å². The summed E-state index contributed by atoms with van der Waals surface area (Å²) in [5, 5.41) is 2.77. The van der Waals surface area contributed by atoms with Gasteiger partial charge in [-0.25, -0.2) is 5.90 Å². The van der Waals surface area contributed by atoms with Gasteiger partial charge in [0.2, 0.25) is 5.91 Å². The zero-order chi connectivity index (χ0) is 19.9. The molecule has 0 aromatic heterocycles. The molecule has 10 nitrogen and oxygen atoms in total. The minimum atomic E-state index is -0.607. The van der Waals surface area contributed by atoms with Crippen LogP contribution < -0.4 is 11.2 Å². The van der Waals surface area contributed by atoms with Crippen molar-refractivity contribution in [2.24, 2.45) is 5.90 Å². The number of nitrogens with two attached hydrogens (primary N) is 1. The maximum Gasteiger partial charge on any atom is 0.248 e. The van der Waals surface area contributed by atoms with Crippen LogP contribution in [0.5, 0.6) is 0 Å². The summed E-state index contributed by atoms with van der Waals surface area (Å²) < 4.78 is 33.9. The summed E-state index contributed by atoms with van der Waals surface area (Å²) in [4.78, 5) is 16.2. The first-order valence-electron chi connectivity index (χ1n) is 9.09. The molecule has 0 spiro atoms. The lowest BCUT2D eigenvalue weighted by Gasteiger charge is -2.36. The SMILES string of the molecule is CC1(C)OCC(OCC(COC2COC(C)(C)OC2)NC(=O)CON)CO1. The Morgan fingerprint density at radius 3 is 1.74 bits per heavy atom. The Morgan fingerprint density at radius 1 is 0.963 bits per heavy atom. The van der Waals surface area contributed by atoms with Crippen LogP contribution in [-0.4, -0.2) is 82.0 Å². The minimum absolute atomic E-state index is 0.217. The third kappa shape index (κ3) is 8.36. The Morgan fingerprint density at radius 2 is 1.37 bits per heavy atom. The smallest absolute Gasteiger partial charge is 0.248 e. The van der Waals surface area contributed by atoms with E-state index in [9.17, 15) is 4.79 Å². The van der Waals surface area contributed by atoms with Gasteiger partial charge in [-0.1, -0.05) is 0 Å².